The van der Waals surface area contributed by atoms with Crippen LogP contribution in [0.3, 0.4) is 0 Å². The number of ether oxygens (including phenoxy) is 2. The lowest BCUT2D eigenvalue weighted by atomic mass is 10.1. The summed E-state index contributed by atoms with van der Waals surface area (Å²) >= 11 is 0. The minimum absolute atomic E-state index is 0.0218. The van der Waals surface area contributed by atoms with Gasteiger partial charge in [-0.15, -0.1) is 0 Å². The van der Waals surface area contributed by atoms with E-state index in [1.807, 2.05) is 63.2 Å². The Kier molecular flexibility index (Phi) is 5.58. The van der Waals surface area contributed by atoms with Gasteiger partial charge in [-0.25, -0.2) is 0 Å². The van der Waals surface area contributed by atoms with Crippen molar-refractivity contribution < 1.29 is 14.3 Å². The summed E-state index contributed by atoms with van der Waals surface area (Å²) in [5.41, 5.74) is 2.70. The molecule has 0 atom stereocenters. The first kappa shape index (κ1) is 16.8. The average Bonchev–Trinajstić information content (AvgIpc) is 2.53. The molecule has 0 radical (unpaired) electrons. The maximum absolute atomic E-state index is 12.2. The van der Waals surface area contributed by atoms with Crippen molar-refractivity contribution in [3.63, 3.8) is 0 Å². The number of carbonyl (C=O) groups is 1. The van der Waals surface area contributed by atoms with E-state index in [-0.39, 0.29) is 11.9 Å². The molecule has 120 valence electrons. The number of methoxy groups -OCH3 is 1. The van der Waals surface area contributed by atoms with Crippen LogP contribution in [0.25, 0.3) is 6.08 Å². The van der Waals surface area contributed by atoms with Crippen LogP contribution in [0.4, 0.5) is 0 Å². The summed E-state index contributed by atoms with van der Waals surface area (Å²) in [6.45, 7) is 5.93. The van der Waals surface area contributed by atoms with E-state index >= 15 is 0 Å². The van der Waals surface area contributed by atoms with Crippen molar-refractivity contribution in [1.82, 2.24) is 0 Å². The number of hydrogen-bond donors (Lipinski definition) is 0. The van der Waals surface area contributed by atoms with E-state index in [1.165, 1.54) is 0 Å². The third-order valence-corrected chi connectivity index (χ3v) is 3.31. The topological polar surface area (TPSA) is 35.5 Å². The molecule has 0 N–H and O–H groups in total. The fourth-order valence-electron chi connectivity index (χ4n) is 2.13. The van der Waals surface area contributed by atoms with E-state index in [0.717, 1.165) is 11.1 Å². The molecule has 0 aliphatic heterocycles. The van der Waals surface area contributed by atoms with Gasteiger partial charge in [0.15, 0.2) is 17.3 Å². The standard InChI is InChI=1S/C20H22O3/c1-14(2)23-19-12-8-16(13-20(19)22-4)7-11-18(21)17-9-5-15(3)6-10-17/h5-14H,1-4H3. The summed E-state index contributed by atoms with van der Waals surface area (Å²) in [5.74, 6) is 1.33. The first-order valence-corrected chi connectivity index (χ1v) is 7.63. The van der Waals surface area contributed by atoms with Crippen LogP contribution in [0, 0.1) is 6.92 Å². The van der Waals surface area contributed by atoms with Crippen LogP contribution in [-0.4, -0.2) is 19.0 Å². The molecular formula is C20H22O3. The number of ketones is 1. The van der Waals surface area contributed by atoms with Crippen LogP contribution in [0.2, 0.25) is 0 Å². The Bertz CT molecular complexity index is 697. The fourth-order valence-corrected chi connectivity index (χ4v) is 2.13. The van der Waals surface area contributed by atoms with Gasteiger partial charge < -0.3 is 9.47 Å². The van der Waals surface area contributed by atoms with Gasteiger partial charge in [0.25, 0.3) is 0 Å². The molecular weight excluding hydrogens is 288 g/mol. The molecule has 0 heterocycles. The molecule has 0 amide bonds. The van der Waals surface area contributed by atoms with Crippen LogP contribution in [0.15, 0.2) is 48.5 Å². The summed E-state index contributed by atoms with van der Waals surface area (Å²) in [7, 11) is 1.60. The van der Waals surface area contributed by atoms with Crippen molar-refractivity contribution in [3.8, 4) is 11.5 Å². The highest BCUT2D eigenvalue weighted by molar-refractivity contribution is 6.06. The van der Waals surface area contributed by atoms with Crippen molar-refractivity contribution in [2.45, 2.75) is 26.9 Å². The molecule has 3 heteroatoms. The van der Waals surface area contributed by atoms with E-state index in [4.69, 9.17) is 9.47 Å². The summed E-state index contributed by atoms with van der Waals surface area (Å²) in [6, 6.07) is 13.2. The van der Waals surface area contributed by atoms with Crippen molar-refractivity contribution >= 4 is 11.9 Å². The van der Waals surface area contributed by atoms with Gasteiger partial charge >= 0.3 is 0 Å². The minimum atomic E-state index is -0.0218. The minimum Gasteiger partial charge on any atom is -0.493 e. The lowest BCUT2D eigenvalue weighted by Gasteiger charge is -2.13. The predicted octanol–water partition coefficient (Wildman–Crippen LogP) is 4.69. The average molecular weight is 310 g/mol. The maximum Gasteiger partial charge on any atom is 0.185 e. The monoisotopic (exact) mass is 310 g/mol. The first-order valence-electron chi connectivity index (χ1n) is 7.63. The molecule has 2 rings (SSSR count). The second kappa shape index (κ2) is 7.63. The first-order chi connectivity index (χ1) is 11.0. The molecule has 3 nitrogen and oxygen atoms in total. The fraction of sp³-hybridized carbons (Fsp3) is 0.250. The predicted molar refractivity (Wildman–Crippen MR) is 93.3 cm³/mol. The Hall–Kier alpha value is -2.55. The number of aryl methyl sites for hydroxylation is 1. The second-order valence-electron chi connectivity index (χ2n) is 5.64. The number of carbonyl (C=O) groups excluding carboxylic acids is 1. The van der Waals surface area contributed by atoms with E-state index < -0.39 is 0 Å². The zero-order valence-corrected chi connectivity index (χ0v) is 14.0. The Morgan fingerprint density at radius 1 is 1.04 bits per heavy atom. The summed E-state index contributed by atoms with van der Waals surface area (Å²) in [4.78, 5) is 12.2. The van der Waals surface area contributed by atoms with Crippen molar-refractivity contribution in [2.75, 3.05) is 7.11 Å². The molecule has 0 bridgehead atoms. The van der Waals surface area contributed by atoms with E-state index in [2.05, 4.69) is 0 Å². The van der Waals surface area contributed by atoms with Crippen LogP contribution < -0.4 is 9.47 Å². The molecule has 0 unspecified atom stereocenters. The lowest BCUT2D eigenvalue weighted by Crippen LogP contribution is -2.06. The van der Waals surface area contributed by atoms with E-state index in [1.54, 1.807) is 19.3 Å². The summed E-state index contributed by atoms with van der Waals surface area (Å²) in [5, 5.41) is 0. The molecule has 0 aromatic heterocycles. The quantitative estimate of drug-likeness (QED) is 0.573. The Labute approximate surface area is 137 Å². The van der Waals surface area contributed by atoms with Gasteiger partial charge in [-0.2, -0.15) is 0 Å². The largest absolute Gasteiger partial charge is 0.493 e. The van der Waals surface area contributed by atoms with Crippen LogP contribution in [0.1, 0.15) is 35.3 Å². The normalized spacial score (nSPS) is 11.0. The third kappa shape index (κ3) is 4.71. The highest BCUT2D eigenvalue weighted by atomic mass is 16.5. The molecule has 0 saturated carbocycles. The SMILES string of the molecule is COc1cc(C=CC(=O)c2ccc(C)cc2)ccc1OC(C)C. The summed E-state index contributed by atoms with van der Waals surface area (Å²) in [6.07, 6.45) is 3.43. The number of benzene rings is 2. The molecule has 0 aliphatic rings. The van der Waals surface area contributed by atoms with Gasteiger partial charge in [0.2, 0.25) is 0 Å². The highest BCUT2D eigenvalue weighted by Gasteiger charge is 2.07. The molecule has 0 saturated heterocycles. The van der Waals surface area contributed by atoms with E-state index in [9.17, 15) is 4.79 Å². The Balaban J connectivity index is 2.15. The van der Waals surface area contributed by atoms with Crippen molar-refractivity contribution in [3.05, 3.63) is 65.2 Å². The van der Waals surface area contributed by atoms with Gasteiger partial charge in [-0.3, -0.25) is 4.79 Å². The van der Waals surface area contributed by atoms with Gasteiger partial charge in [-0.1, -0.05) is 42.0 Å². The highest BCUT2D eigenvalue weighted by Crippen LogP contribution is 2.29. The van der Waals surface area contributed by atoms with Crippen LogP contribution in [0.5, 0.6) is 11.5 Å². The summed E-state index contributed by atoms with van der Waals surface area (Å²) < 4.78 is 11.0. The molecule has 0 aliphatic carbocycles. The number of hydrogen-bond acceptors (Lipinski definition) is 3. The number of allylic oxidation sites excluding steroid dienone is 1. The van der Waals surface area contributed by atoms with Crippen LogP contribution in [-0.2, 0) is 0 Å². The van der Waals surface area contributed by atoms with Gasteiger partial charge in [0.05, 0.1) is 13.2 Å². The molecule has 0 spiro atoms. The van der Waals surface area contributed by atoms with Gasteiger partial charge in [-0.05, 0) is 44.5 Å². The molecule has 23 heavy (non-hydrogen) atoms. The van der Waals surface area contributed by atoms with Crippen LogP contribution >= 0.6 is 0 Å². The van der Waals surface area contributed by atoms with Gasteiger partial charge in [0.1, 0.15) is 0 Å². The number of rotatable bonds is 6. The zero-order valence-electron chi connectivity index (χ0n) is 14.0. The maximum atomic E-state index is 12.2. The van der Waals surface area contributed by atoms with Crippen molar-refractivity contribution in [2.24, 2.45) is 0 Å². The molecule has 2 aromatic carbocycles. The van der Waals surface area contributed by atoms with Crippen molar-refractivity contribution in [1.29, 1.82) is 0 Å². The molecule has 0 fully saturated rings. The van der Waals surface area contributed by atoms with E-state index in [0.29, 0.717) is 17.1 Å². The second-order valence-corrected chi connectivity index (χ2v) is 5.64. The lowest BCUT2D eigenvalue weighted by molar-refractivity contribution is 0.104. The molecule has 2 aromatic rings. The van der Waals surface area contributed by atoms with Gasteiger partial charge in [0, 0.05) is 5.56 Å². The zero-order chi connectivity index (χ0) is 16.8. The smallest absolute Gasteiger partial charge is 0.185 e. The Morgan fingerprint density at radius 3 is 2.35 bits per heavy atom. The Morgan fingerprint density at radius 2 is 1.74 bits per heavy atom. The third-order valence-electron chi connectivity index (χ3n) is 3.31.